The van der Waals surface area contributed by atoms with Crippen LogP contribution >= 0.6 is 40.7 Å². The highest BCUT2D eigenvalue weighted by Crippen LogP contribution is 2.35. The normalized spacial score (nSPS) is 16.0. The molecule has 9 heteroatoms. The summed E-state index contributed by atoms with van der Waals surface area (Å²) in [6, 6.07) is 14.0. The Labute approximate surface area is 177 Å². The summed E-state index contributed by atoms with van der Waals surface area (Å²) in [6.45, 7) is 3.51. The summed E-state index contributed by atoms with van der Waals surface area (Å²) in [5.74, 6) is -0.206. The first-order chi connectivity index (χ1) is 11.9. The maximum atomic E-state index is 12.4. The number of hydrogen-bond donors (Lipinski definition) is 1. The topological polar surface area (TPSA) is 24.5 Å². The minimum atomic E-state index is -4.68. The van der Waals surface area contributed by atoms with E-state index in [1.54, 1.807) is 12.1 Å². The molecule has 2 aromatic carbocycles. The van der Waals surface area contributed by atoms with Crippen LogP contribution in [0.3, 0.4) is 0 Å². The molecule has 1 fully saturated rings. The van der Waals surface area contributed by atoms with Crippen LogP contribution in [-0.4, -0.2) is 37.4 Å². The summed E-state index contributed by atoms with van der Waals surface area (Å²) >= 11 is 3.60. The van der Waals surface area contributed by atoms with Crippen molar-refractivity contribution in [2.45, 2.75) is 12.4 Å². The number of halogens is 6. The van der Waals surface area contributed by atoms with Gasteiger partial charge in [-0.25, -0.2) is 0 Å². The van der Waals surface area contributed by atoms with Gasteiger partial charge in [0.05, 0.1) is 6.04 Å². The molecule has 3 nitrogen and oxygen atoms in total. The van der Waals surface area contributed by atoms with E-state index in [0.717, 1.165) is 41.8 Å². The van der Waals surface area contributed by atoms with Crippen LogP contribution in [0.25, 0.3) is 0 Å². The summed E-state index contributed by atoms with van der Waals surface area (Å²) in [6.07, 6.45) is -4.68. The predicted molar refractivity (Wildman–Crippen MR) is 108 cm³/mol. The molecule has 0 spiro atoms. The number of hydrogen-bond acceptors (Lipinski definition) is 3. The van der Waals surface area contributed by atoms with Crippen LogP contribution in [0.4, 0.5) is 13.2 Å². The minimum absolute atomic E-state index is 0. The Hall–Kier alpha value is -0.990. The standard InChI is InChI=1S/C18H18BrF3N2O.2ClH/c19-16-4-2-1-3-15(16)17(24-11-9-23-10-12-24)13-5-7-14(8-6-13)25-18(20,21)22;;/h1-8,17,23H,9-12H2;2*1H/t17-;;/m1../s1. The van der Waals surface area contributed by atoms with Crippen LogP contribution in [0.15, 0.2) is 53.0 Å². The zero-order valence-electron chi connectivity index (χ0n) is 14.2. The Morgan fingerprint density at radius 2 is 1.56 bits per heavy atom. The van der Waals surface area contributed by atoms with E-state index in [2.05, 4.69) is 30.9 Å². The molecule has 0 aliphatic carbocycles. The molecule has 0 unspecified atom stereocenters. The summed E-state index contributed by atoms with van der Waals surface area (Å²) in [5.41, 5.74) is 2.03. The van der Waals surface area contributed by atoms with Gasteiger partial charge in [0.2, 0.25) is 0 Å². The first kappa shape index (κ1) is 24.0. The lowest BCUT2D eigenvalue weighted by atomic mass is 9.96. The molecule has 0 amide bonds. The average molecular weight is 488 g/mol. The van der Waals surface area contributed by atoms with Crippen LogP contribution in [0.1, 0.15) is 17.2 Å². The number of benzene rings is 2. The number of ether oxygens (including phenoxy) is 1. The molecule has 0 saturated carbocycles. The van der Waals surface area contributed by atoms with Crippen molar-refractivity contribution >= 4 is 40.7 Å². The highest BCUT2D eigenvalue weighted by atomic mass is 79.9. The molecule has 0 radical (unpaired) electrons. The number of rotatable bonds is 4. The van der Waals surface area contributed by atoms with Gasteiger partial charge in [-0.1, -0.05) is 46.3 Å². The Bertz CT molecular complexity index is 710. The molecule has 1 heterocycles. The quantitative estimate of drug-likeness (QED) is 0.642. The summed E-state index contributed by atoms with van der Waals surface area (Å²) in [5, 5.41) is 3.32. The third-order valence-corrected chi connectivity index (χ3v) is 4.87. The Morgan fingerprint density at radius 3 is 2.11 bits per heavy atom. The highest BCUT2D eigenvalue weighted by Gasteiger charge is 2.31. The van der Waals surface area contributed by atoms with Gasteiger partial charge in [-0.05, 0) is 29.3 Å². The lowest BCUT2D eigenvalue weighted by Gasteiger charge is -2.36. The minimum Gasteiger partial charge on any atom is -0.406 e. The molecule has 150 valence electrons. The lowest BCUT2D eigenvalue weighted by Crippen LogP contribution is -2.45. The molecule has 1 saturated heterocycles. The van der Waals surface area contributed by atoms with E-state index in [4.69, 9.17) is 0 Å². The van der Waals surface area contributed by atoms with Crippen LogP contribution in [-0.2, 0) is 0 Å². The first-order valence-corrected chi connectivity index (χ1v) is 8.78. The van der Waals surface area contributed by atoms with E-state index in [1.165, 1.54) is 12.1 Å². The van der Waals surface area contributed by atoms with Crippen LogP contribution in [0.5, 0.6) is 5.75 Å². The second-order valence-corrected chi connectivity index (χ2v) is 6.68. The fourth-order valence-corrected chi connectivity index (χ4v) is 3.58. The van der Waals surface area contributed by atoms with Gasteiger partial charge in [-0.2, -0.15) is 0 Å². The number of alkyl halides is 3. The fourth-order valence-electron chi connectivity index (χ4n) is 3.08. The van der Waals surface area contributed by atoms with Crippen molar-refractivity contribution in [1.82, 2.24) is 10.2 Å². The van der Waals surface area contributed by atoms with Gasteiger partial charge >= 0.3 is 6.36 Å². The third-order valence-electron chi connectivity index (χ3n) is 4.15. The van der Waals surface area contributed by atoms with E-state index in [1.807, 2.05) is 24.3 Å². The predicted octanol–water partition coefficient (Wildman–Crippen LogP) is 5.19. The molecule has 1 aliphatic rings. The van der Waals surface area contributed by atoms with Gasteiger partial charge in [-0.3, -0.25) is 4.90 Å². The van der Waals surface area contributed by atoms with Crippen molar-refractivity contribution in [3.8, 4) is 5.75 Å². The SMILES string of the molecule is Cl.Cl.FC(F)(F)Oc1ccc([C@H](c2ccccc2Br)N2CCNCC2)cc1. The highest BCUT2D eigenvalue weighted by molar-refractivity contribution is 9.10. The zero-order chi connectivity index (χ0) is 17.9. The maximum Gasteiger partial charge on any atom is 0.573 e. The Kier molecular flexibility index (Phi) is 9.38. The maximum absolute atomic E-state index is 12.4. The average Bonchev–Trinajstić information content (AvgIpc) is 2.58. The Balaban J connectivity index is 0.00000182. The van der Waals surface area contributed by atoms with Gasteiger partial charge in [0, 0.05) is 30.7 Å². The van der Waals surface area contributed by atoms with Crippen molar-refractivity contribution in [2.24, 2.45) is 0 Å². The largest absolute Gasteiger partial charge is 0.573 e. The van der Waals surface area contributed by atoms with E-state index >= 15 is 0 Å². The molecule has 3 rings (SSSR count). The zero-order valence-corrected chi connectivity index (χ0v) is 17.4. The second kappa shape index (κ2) is 10.5. The number of nitrogens with one attached hydrogen (secondary N) is 1. The summed E-state index contributed by atoms with van der Waals surface area (Å²) in [4.78, 5) is 2.33. The van der Waals surface area contributed by atoms with Gasteiger partial charge in [0.25, 0.3) is 0 Å². The van der Waals surface area contributed by atoms with Crippen LogP contribution < -0.4 is 10.1 Å². The van der Waals surface area contributed by atoms with Crippen molar-refractivity contribution in [3.05, 3.63) is 64.1 Å². The molecule has 1 atom stereocenters. The number of piperazine rings is 1. The van der Waals surface area contributed by atoms with Crippen LogP contribution in [0, 0.1) is 0 Å². The van der Waals surface area contributed by atoms with Crippen molar-refractivity contribution < 1.29 is 17.9 Å². The van der Waals surface area contributed by atoms with E-state index in [0.29, 0.717) is 0 Å². The van der Waals surface area contributed by atoms with Crippen molar-refractivity contribution in [3.63, 3.8) is 0 Å². The van der Waals surface area contributed by atoms with E-state index in [-0.39, 0.29) is 36.6 Å². The van der Waals surface area contributed by atoms with Gasteiger partial charge in [-0.15, -0.1) is 38.0 Å². The van der Waals surface area contributed by atoms with E-state index < -0.39 is 6.36 Å². The summed E-state index contributed by atoms with van der Waals surface area (Å²) < 4.78 is 42.1. The molecule has 0 bridgehead atoms. The Morgan fingerprint density at radius 1 is 0.963 bits per heavy atom. The molecule has 1 N–H and O–H groups in total. The molecule has 1 aliphatic heterocycles. The smallest absolute Gasteiger partial charge is 0.406 e. The van der Waals surface area contributed by atoms with Crippen LogP contribution in [0.2, 0.25) is 0 Å². The third kappa shape index (κ3) is 6.54. The fraction of sp³-hybridized carbons (Fsp3) is 0.333. The van der Waals surface area contributed by atoms with Gasteiger partial charge < -0.3 is 10.1 Å². The molecule has 27 heavy (non-hydrogen) atoms. The summed E-state index contributed by atoms with van der Waals surface area (Å²) in [7, 11) is 0. The van der Waals surface area contributed by atoms with Gasteiger partial charge in [0.15, 0.2) is 0 Å². The second-order valence-electron chi connectivity index (χ2n) is 5.83. The lowest BCUT2D eigenvalue weighted by molar-refractivity contribution is -0.274. The van der Waals surface area contributed by atoms with E-state index in [9.17, 15) is 13.2 Å². The van der Waals surface area contributed by atoms with Crippen molar-refractivity contribution in [1.29, 1.82) is 0 Å². The molecular weight excluding hydrogens is 468 g/mol. The van der Waals surface area contributed by atoms with Gasteiger partial charge in [0.1, 0.15) is 5.75 Å². The monoisotopic (exact) mass is 486 g/mol. The molecule has 0 aromatic heterocycles. The number of nitrogens with zero attached hydrogens (tertiary/aromatic N) is 1. The molecule has 2 aromatic rings. The molecular formula is C18H20BrCl2F3N2O. The first-order valence-electron chi connectivity index (χ1n) is 7.99. The van der Waals surface area contributed by atoms with Crippen molar-refractivity contribution in [2.75, 3.05) is 26.2 Å².